The minimum absolute atomic E-state index is 0.0145. The summed E-state index contributed by atoms with van der Waals surface area (Å²) in [6.07, 6.45) is 7.93. The molecule has 0 heterocycles. The summed E-state index contributed by atoms with van der Waals surface area (Å²) in [6.45, 7) is 0.395. The second-order valence-corrected chi connectivity index (χ2v) is 5.38. The number of benzene rings is 1. The van der Waals surface area contributed by atoms with Gasteiger partial charge in [0.25, 0.3) is 0 Å². The van der Waals surface area contributed by atoms with Gasteiger partial charge in [-0.3, -0.25) is 9.59 Å². The van der Waals surface area contributed by atoms with Gasteiger partial charge >= 0.3 is 5.97 Å². The van der Waals surface area contributed by atoms with Crippen molar-refractivity contribution < 1.29 is 14.7 Å². The second kappa shape index (κ2) is 7.62. The van der Waals surface area contributed by atoms with Gasteiger partial charge < -0.3 is 10.4 Å². The van der Waals surface area contributed by atoms with Crippen LogP contribution in [0.4, 0.5) is 0 Å². The lowest BCUT2D eigenvalue weighted by Crippen LogP contribution is -2.30. The monoisotopic (exact) mass is 287 g/mol. The van der Waals surface area contributed by atoms with Crippen LogP contribution in [-0.2, 0) is 22.6 Å². The Bertz CT molecular complexity index is 527. The molecule has 0 aromatic heterocycles. The fourth-order valence-corrected chi connectivity index (χ4v) is 2.63. The molecule has 1 amide bonds. The summed E-state index contributed by atoms with van der Waals surface area (Å²) < 4.78 is 0. The number of aliphatic carboxylic acids is 1. The van der Waals surface area contributed by atoms with Crippen molar-refractivity contribution in [3.63, 3.8) is 0 Å². The first-order valence-electron chi connectivity index (χ1n) is 7.38. The van der Waals surface area contributed by atoms with Gasteiger partial charge in [0.1, 0.15) is 0 Å². The number of carboxylic acid groups (broad SMARTS) is 1. The first kappa shape index (κ1) is 15.3. The average Bonchev–Trinajstić information content (AvgIpc) is 2.74. The third-order valence-electron chi connectivity index (χ3n) is 3.81. The summed E-state index contributed by atoms with van der Waals surface area (Å²) in [6, 6.07) is 7.35. The van der Waals surface area contributed by atoms with Crippen LogP contribution in [0, 0.1) is 5.92 Å². The fraction of sp³-hybridized carbons (Fsp3) is 0.412. The van der Waals surface area contributed by atoms with Gasteiger partial charge in [-0.2, -0.15) is 0 Å². The predicted octanol–water partition coefficient (Wildman–Crippen LogP) is 2.68. The highest BCUT2D eigenvalue weighted by molar-refractivity contribution is 5.78. The van der Waals surface area contributed by atoms with Crippen molar-refractivity contribution in [2.75, 3.05) is 0 Å². The molecule has 21 heavy (non-hydrogen) atoms. The largest absolute Gasteiger partial charge is 0.481 e. The molecule has 4 nitrogen and oxygen atoms in total. The van der Waals surface area contributed by atoms with Gasteiger partial charge in [-0.05, 0) is 36.8 Å². The van der Waals surface area contributed by atoms with E-state index in [2.05, 4.69) is 17.5 Å². The van der Waals surface area contributed by atoms with Crippen LogP contribution in [0.1, 0.15) is 36.8 Å². The molecule has 1 aromatic rings. The maximum absolute atomic E-state index is 12.2. The van der Waals surface area contributed by atoms with Crippen molar-refractivity contribution in [2.45, 2.75) is 38.6 Å². The Labute approximate surface area is 124 Å². The highest BCUT2D eigenvalue weighted by Crippen LogP contribution is 2.19. The smallest absolute Gasteiger partial charge is 0.307 e. The molecule has 0 fully saturated rings. The fourth-order valence-electron chi connectivity index (χ4n) is 2.63. The van der Waals surface area contributed by atoms with Crippen LogP contribution in [0.15, 0.2) is 36.4 Å². The van der Waals surface area contributed by atoms with E-state index in [0.29, 0.717) is 6.54 Å². The number of carboxylic acids is 1. The van der Waals surface area contributed by atoms with Crippen molar-refractivity contribution in [2.24, 2.45) is 5.92 Å². The minimum Gasteiger partial charge on any atom is -0.481 e. The van der Waals surface area contributed by atoms with Gasteiger partial charge in [0.2, 0.25) is 5.91 Å². The number of hydrogen-bond acceptors (Lipinski definition) is 2. The molecule has 0 unspecified atom stereocenters. The van der Waals surface area contributed by atoms with Crippen molar-refractivity contribution in [3.8, 4) is 0 Å². The van der Waals surface area contributed by atoms with Gasteiger partial charge in [-0.1, -0.05) is 36.4 Å². The number of hydrogen-bond donors (Lipinski definition) is 2. The van der Waals surface area contributed by atoms with E-state index in [4.69, 9.17) is 5.11 Å². The van der Waals surface area contributed by atoms with Crippen LogP contribution in [0.5, 0.6) is 0 Å². The summed E-state index contributed by atoms with van der Waals surface area (Å²) in [5.74, 6) is -0.723. The maximum atomic E-state index is 12.2. The third-order valence-corrected chi connectivity index (χ3v) is 3.81. The molecular weight excluding hydrogens is 266 g/mol. The third kappa shape index (κ3) is 4.74. The Morgan fingerprint density at radius 3 is 2.33 bits per heavy atom. The van der Waals surface area contributed by atoms with Crippen LogP contribution in [0.25, 0.3) is 0 Å². The van der Waals surface area contributed by atoms with E-state index in [0.717, 1.165) is 36.8 Å². The van der Waals surface area contributed by atoms with E-state index in [1.165, 1.54) is 0 Å². The highest BCUT2D eigenvalue weighted by Gasteiger charge is 2.18. The summed E-state index contributed by atoms with van der Waals surface area (Å²) >= 11 is 0. The molecule has 2 rings (SSSR count). The number of carbonyl (C=O) groups is 2. The van der Waals surface area contributed by atoms with Gasteiger partial charge in [0.05, 0.1) is 6.42 Å². The molecule has 0 spiro atoms. The maximum Gasteiger partial charge on any atom is 0.307 e. The summed E-state index contributed by atoms with van der Waals surface area (Å²) in [5, 5.41) is 11.9. The van der Waals surface area contributed by atoms with E-state index < -0.39 is 5.97 Å². The number of allylic oxidation sites excluding steroid dienone is 2. The Kier molecular flexibility index (Phi) is 5.55. The highest BCUT2D eigenvalue weighted by atomic mass is 16.4. The Hall–Kier alpha value is -2.10. The molecule has 0 radical (unpaired) electrons. The minimum atomic E-state index is -0.858. The standard InChI is InChI=1S/C17H21NO3/c19-16(20)11-14-9-5-6-10-15(14)12-18-17(21)13-7-3-1-2-4-8-13/h1-2,5-6,9-10,13H,3-4,7-8,11-12H2,(H,18,21)(H,19,20). The molecule has 0 aliphatic heterocycles. The molecular formula is C17H21NO3. The summed E-state index contributed by atoms with van der Waals surface area (Å²) in [5.41, 5.74) is 1.63. The first-order chi connectivity index (χ1) is 10.2. The molecule has 0 atom stereocenters. The number of amides is 1. The Morgan fingerprint density at radius 1 is 1.10 bits per heavy atom. The topological polar surface area (TPSA) is 66.4 Å². The SMILES string of the molecule is O=C(O)Cc1ccccc1CNC(=O)C1CCC=CCC1. The molecule has 112 valence electrons. The number of carbonyl (C=O) groups excluding carboxylic acids is 1. The molecule has 1 aromatic carbocycles. The van der Waals surface area contributed by atoms with Crippen molar-refractivity contribution in [1.82, 2.24) is 5.32 Å². The van der Waals surface area contributed by atoms with Gasteiger partial charge in [0, 0.05) is 12.5 Å². The molecule has 0 saturated carbocycles. The number of nitrogens with one attached hydrogen (secondary N) is 1. The lowest BCUT2D eigenvalue weighted by atomic mass is 9.98. The zero-order chi connectivity index (χ0) is 15.1. The van der Waals surface area contributed by atoms with Gasteiger partial charge in [-0.15, -0.1) is 0 Å². The van der Waals surface area contributed by atoms with Crippen LogP contribution >= 0.6 is 0 Å². The summed E-state index contributed by atoms with van der Waals surface area (Å²) in [7, 11) is 0. The Balaban J connectivity index is 1.93. The van der Waals surface area contributed by atoms with Crippen molar-refractivity contribution >= 4 is 11.9 Å². The van der Waals surface area contributed by atoms with Crippen LogP contribution in [0.2, 0.25) is 0 Å². The second-order valence-electron chi connectivity index (χ2n) is 5.38. The number of rotatable bonds is 5. The quantitative estimate of drug-likeness (QED) is 0.818. The van der Waals surface area contributed by atoms with Crippen molar-refractivity contribution in [1.29, 1.82) is 0 Å². The lowest BCUT2D eigenvalue weighted by Gasteiger charge is -2.15. The summed E-state index contributed by atoms with van der Waals surface area (Å²) in [4.78, 5) is 23.1. The zero-order valence-electron chi connectivity index (χ0n) is 12.0. The molecule has 0 saturated heterocycles. The zero-order valence-corrected chi connectivity index (χ0v) is 12.0. The van der Waals surface area contributed by atoms with E-state index in [1.54, 1.807) is 6.07 Å². The van der Waals surface area contributed by atoms with E-state index in [-0.39, 0.29) is 18.2 Å². The average molecular weight is 287 g/mol. The lowest BCUT2D eigenvalue weighted by molar-refractivity contribution is -0.136. The van der Waals surface area contributed by atoms with E-state index in [9.17, 15) is 9.59 Å². The molecule has 2 N–H and O–H groups in total. The molecule has 0 bridgehead atoms. The van der Waals surface area contributed by atoms with Gasteiger partial charge in [0.15, 0.2) is 0 Å². The van der Waals surface area contributed by atoms with E-state index in [1.807, 2.05) is 18.2 Å². The van der Waals surface area contributed by atoms with Crippen LogP contribution < -0.4 is 5.32 Å². The normalized spacial score (nSPS) is 15.4. The Morgan fingerprint density at radius 2 is 1.71 bits per heavy atom. The van der Waals surface area contributed by atoms with E-state index >= 15 is 0 Å². The molecule has 4 heteroatoms. The van der Waals surface area contributed by atoms with Crippen LogP contribution in [-0.4, -0.2) is 17.0 Å². The van der Waals surface area contributed by atoms with Crippen LogP contribution in [0.3, 0.4) is 0 Å². The molecule has 1 aliphatic rings. The van der Waals surface area contributed by atoms with Gasteiger partial charge in [-0.25, -0.2) is 0 Å². The molecule has 1 aliphatic carbocycles. The predicted molar refractivity (Wildman–Crippen MR) is 80.7 cm³/mol. The van der Waals surface area contributed by atoms with Crippen molar-refractivity contribution in [3.05, 3.63) is 47.5 Å². The first-order valence-corrected chi connectivity index (χ1v) is 7.38.